The Bertz CT molecular complexity index is 719. The van der Waals surface area contributed by atoms with E-state index in [2.05, 4.69) is 10.3 Å². The minimum Gasteiger partial charge on any atom is -0.477 e. The fourth-order valence-corrected chi connectivity index (χ4v) is 1.98. The van der Waals surface area contributed by atoms with Crippen LogP contribution in [0.1, 0.15) is 24.2 Å². The quantitative estimate of drug-likeness (QED) is 0.810. The Balaban J connectivity index is 2.00. The molecule has 7 heteroatoms. The van der Waals surface area contributed by atoms with Crippen LogP contribution in [-0.2, 0) is 9.53 Å². The summed E-state index contributed by atoms with van der Waals surface area (Å²) >= 11 is 5.79. The van der Waals surface area contributed by atoms with Crippen molar-refractivity contribution in [3.8, 4) is 5.88 Å². The van der Waals surface area contributed by atoms with Crippen molar-refractivity contribution in [3.63, 3.8) is 0 Å². The lowest BCUT2D eigenvalue weighted by Gasteiger charge is -2.14. The number of aromatic nitrogens is 1. The molecule has 0 unspecified atom stereocenters. The highest BCUT2D eigenvalue weighted by molar-refractivity contribution is 6.30. The maximum atomic E-state index is 12.2. The van der Waals surface area contributed by atoms with E-state index < -0.39 is 18.0 Å². The van der Waals surface area contributed by atoms with Crippen LogP contribution in [0.4, 0.5) is 5.69 Å². The average molecular weight is 349 g/mol. The van der Waals surface area contributed by atoms with E-state index in [-0.39, 0.29) is 11.4 Å². The van der Waals surface area contributed by atoms with Gasteiger partial charge in [-0.2, -0.15) is 0 Å². The third-order valence-electron chi connectivity index (χ3n) is 3.04. The van der Waals surface area contributed by atoms with Gasteiger partial charge in [0.2, 0.25) is 5.88 Å². The maximum Gasteiger partial charge on any atom is 0.344 e. The van der Waals surface area contributed by atoms with E-state index in [0.717, 1.165) is 0 Å². The van der Waals surface area contributed by atoms with Gasteiger partial charge in [-0.15, -0.1) is 0 Å². The molecule has 2 rings (SSSR count). The van der Waals surface area contributed by atoms with Gasteiger partial charge in [-0.05, 0) is 50.2 Å². The molecule has 0 aliphatic carbocycles. The number of esters is 1. The molecule has 126 valence electrons. The molecule has 6 nitrogen and oxygen atoms in total. The molecule has 24 heavy (non-hydrogen) atoms. The van der Waals surface area contributed by atoms with Crippen molar-refractivity contribution in [2.24, 2.45) is 0 Å². The van der Waals surface area contributed by atoms with Gasteiger partial charge in [-0.25, -0.2) is 9.78 Å². The van der Waals surface area contributed by atoms with Crippen molar-refractivity contribution in [3.05, 3.63) is 53.2 Å². The van der Waals surface area contributed by atoms with Crippen LogP contribution in [0.5, 0.6) is 5.88 Å². The predicted molar refractivity (Wildman–Crippen MR) is 90.4 cm³/mol. The Hall–Kier alpha value is -2.60. The summed E-state index contributed by atoms with van der Waals surface area (Å²) in [7, 11) is 0. The minimum atomic E-state index is -0.983. The van der Waals surface area contributed by atoms with Gasteiger partial charge < -0.3 is 14.8 Å². The number of ether oxygens (including phenoxy) is 2. The topological polar surface area (TPSA) is 77.5 Å². The lowest BCUT2D eigenvalue weighted by Crippen LogP contribution is -2.30. The monoisotopic (exact) mass is 348 g/mol. The Morgan fingerprint density at radius 3 is 2.62 bits per heavy atom. The predicted octanol–water partition coefficient (Wildman–Crippen LogP) is 3.32. The highest BCUT2D eigenvalue weighted by Crippen LogP contribution is 2.17. The van der Waals surface area contributed by atoms with E-state index in [1.165, 1.54) is 19.2 Å². The fourth-order valence-electron chi connectivity index (χ4n) is 1.85. The van der Waals surface area contributed by atoms with Crippen molar-refractivity contribution in [2.45, 2.75) is 20.0 Å². The Labute approximate surface area is 144 Å². The second-order valence-electron chi connectivity index (χ2n) is 4.83. The number of pyridine rings is 1. The van der Waals surface area contributed by atoms with Gasteiger partial charge in [0.05, 0.1) is 6.61 Å². The summed E-state index contributed by atoms with van der Waals surface area (Å²) in [6, 6.07) is 9.74. The van der Waals surface area contributed by atoms with Crippen molar-refractivity contribution in [1.82, 2.24) is 4.98 Å². The van der Waals surface area contributed by atoms with Crippen LogP contribution in [0.2, 0.25) is 5.02 Å². The molecular weight excluding hydrogens is 332 g/mol. The lowest BCUT2D eigenvalue weighted by atomic mass is 10.2. The molecule has 0 fully saturated rings. The molecule has 2 aromatic rings. The maximum absolute atomic E-state index is 12.2. The number of carbonyl (C=O) groups is 2. The van der Waals surface area contributed by atoms with Gasteiger partial charge in [0.25, 0.3) is 5.91 Å². The van der Waals surface area contributed by atoms with Crippen LogP contribution in [0.15, 0.2) is 42.6 Å². The molecule has 0 spiro atoms. The van der Waals surface area contributed by atoms with Crippen molar-refractivity contribution in [1.29, 1.82) is 0 Å². The van der Waals surface area contributed by atoms with Crippen molar-refractivity contribution >= 4 is 29.2 Å². The van der Waals surface area contributed by atoms with Crippen LogP contribution in [0.3, 0.4) is 0 Å². The van der Waals surface area contributed by atoms with E-state index in [4.69, 9.17) is 21.1 Å². The molecule has 0 bridgehead atoms. The number of amides is 1. The third kappa shape index (κ3) is 4.70. The summed E-state index contributed by atoms with van der Waals surface area (Å²) in [4.78, 5) is 28.3. The molecule has 0 saturated carbocycles. The minimum absolute atomic E-state index is 0.172. The molecule has 1 aromatic carbocycles. The van der Waals surface area contributed by atoms with Gasteiger partial charge in [0.1, 0.15) is 5.56 Å². The largest absolute Gasteiger partial charge is 0.477 e. The standard InChI is InChI=1S/C17H17ClN2O4/c1-3-23-16-14(5-4-10-19-16)17(22)24-11(2)15(21)20-13-8-6-12(18)7-9-13/h4-11H,3H2,1-2H3,(H,20,21)/t11-/m0/s1. The van der Waals surface area contributed by atoms with E-state index in [9.17, 15) is 9.59 Å². The lowest BCUT2D eigenvalue weighted by molar-refractivity contribution is -0.123. The zero-order chi connectivity index (χ0) is 17.5. The molecule has 1 amide bonds. The Kier molecular flexibility index (Phi) is 6.14. The number of hydrogen-bond acceptors (Lipinski definition) is 5. The molecule has 1 atom stereocenters. The highest BCUT2D eigenvalue weighted by atomic mass is 35.5. The van der Waals surface area contributed by atoms with Gasteiger partial charge >= 0.3 is 5.97 Å². The van der Waals surface area contributed by atoms with E-state index in [0.29, 0.717) is 17.3 Å². The number of nitrogens with zero attached hydrogens (tertiary/aromatic N) is 1. The first kappa shape index (κ1) is 17.7. The first-order valence-electron chi connectivity index (χ1n) is 7.36. The molecule has 0 aliphatic heterocycles. The molecule has 0 aliphatic rings. The number of anilines is 1. The van der Waals surface area contributed by atoms with E-state index >= 15 is 0 Å². The van der Waals surface area contributed by atoms with Gasteiger partial charge in [-0.1, -0.05) is 11.6 Å². The van der Waals surface area contributed by atoms with Crippen LogP contribution in [-0.4, -0.2) is 29.6 Å². The number of hydrogen-bond donors (Lipinski definition) is 1. The Morgan fingerprint density at radius 2 is 1.96 bits per heavy atom. The summed E-state index contributed by atoms with van der Waals surface area (Å²) in [5.41, 5.74) is 0.731. The normalized spacial score (nSPS) is 11.5. The van der Waals surface area contributed by atoms with Crippen molar-refractivity contribution < 1.29 is 19.1 Å². The third-order valence-corrected chi connectivity index (χ3v) is 3.29. The molecule has 1 aromatic heterocycles. The van der Waals surface area contributed by atoms with E-state index in [1.807, 2.05) is 0 Å². The van der Waals surface area contributed by atoms with Gasteiger partial charge in [0.15, 0.2) is 6.10 Å². The number of benzene rings is 1. The first-order chi connectivity index (χ1) is 11.5. The molecular formula is C17H17ClN2O4. The summed E-state index contributed by atoms with van der Waals surface area (Å²) < 4.78 is 10.5. The molecule has 0 saturated heterocycles. The summed E-state index contributed by atoms with van der Waals surface area (Å²) in [5, 5.41) is 3.21. The summed E-state index contributed by atoms with van der Waals surface area (Å²) in [5.74, 6) is -0.951. The first-order valence-corrected chi connectivity index (χ1v) is 7.74. The van der Waals surface area contributed by atoms with Crippen LogP contribution >= 0.6 is 11.6 Å². The zero-order valence-corrected chi connectivity index (χ0v) is 14.0. The molecule has 1 heterocycles. The zero-order valence-electron chi connectivity index (χ0n) is 13.3. The average Bonchev–Trinajstić information content (AvgIpc) is 2.57. The SMILES string of the molecule is CCOc1ncccc1C(=O)O[C@@H](C)C(=O)Nc1ccc(Cl)cc1. The number of carbonyl (C=O) groups excluding carboxylic acids is 2. The van der Waals surface area contributed by atoms with Crippen LogP contribution in [0, 0.1) is 0 Å². The van der Waals surface area contributed by atoms with E-state index in [1.54, 1.807) is 37.3 Å². The second-order valence-corrected chi connectivity index (χ2v) is 5.27. The van der Waals surface area contributed by atoms with Crippen LogP contribution in [0.25, 0.3) is 0 Å². The molecule has 0 radical (unpaired) electrons. The number of nitrogens with one attached hydrogen (secondary N) is 1. The van der Waals surface area contributed by atoms with Crippen LogP contribution < -0.4 is 10.1 Å². The van der Waals surface area contributed by atoms with Gasteiger partial charge in [-0.3, -0.25) is 4.79 Å². The van der Waals surface area contributed by atoms with Gasteiger partial charge in [0, 0.05) is 16.9 Å². The van der Waals surface area contributed by atoms with Crippen molar-refractivity contribution in [2.75, 3.05) is 11.9 Å². The summed E-state index contributed by atoms with van der Waals surface area (Å²) in [6.07, 6.45) is 0.529. The molecule has 1 N–H and O–H groups in total. The fraction of sp³-hybridized carbons (Fsp3) is 0.235. The smallest absolute Gasteiger partial charge is 0.344 e. The Morgan fingerprint density at radius 1 is 1.25 bits per heavy atom. The number of rotatable bonds is 6. The second kappa shape index (κ2) is 8.31. The number of halogens is 1. The highest BCUT2D eigenvalue weighted by Gasteiger charge is 2.22. The summed E-state index contributed by atoms with van der Waals surface area (Å²) in [6.45, 7) is 3.63.